The number of aromatic nitrogens is 2. The van der Waals surface area contributed by atoms with E-state index in [1.807, 2.05) is 16.9 Å². The molecule has 1 aromatic rings. The van der Waals surface area contributed by atoms with Crippen molar-refractivity contribution in [2.75, 3.05) is 18.8 Å². The fourth-order valence-electron chi connectivity index (χ4n) is 3.07. The van der Waals surface area contributed by atoms with Crippen LogP contribution < -0.4 is 5.73 Å². The van der Waals surface area contributed by atoms with Crippen LogP contribution in [-0.2, 0) is 6.54 Å². The van der Waals surface area contributed by atoms with Crippen LogP contribution in [0.3, 0.4) is 0 Å². The predicted molar refractivity (Wildman–Crippen MR) is 75.2 cm³/mol. The Labute approximate surface area is 110 Å². The minimum absolute atomic E-state index is 0.614. The van der Waals surface area contributed by atoms with Crippen LogP contribution in [-0.4, -0.2) is 33.8 Å². The van der Waals surface area contributed by atoms with Gasteiger partial charge in [-0.3, -0.25) is 4.68 Å². The Bertz CT molecular complexity index is 374. The van der Waals surface area contributed by atoms with Gasteiger partial charge >= 0.3 is 0 Å². The number of aryl methyl sites for hydroxylation is 1. The normalized spacial score (nSPS) is 29.6. The molecule has 1 fully saturated rings. The van der Waals surface area contributed by atoms with Gasteiger partial charge in [-0.15, -0.1) is 0 Å². The number of anilines is 1. The summed E-state index contributed by atoms with van der Waals surface area (Å²) < 4.78 is 1.94. The minimum atomic E-state index is 0.614. The third kappa shape index (κ3) is 3.25. The average Bonchev–Trinajstić information content (AvgIpc) is 2.71. The van der Waals surface area contributed by atoms with Crippen molar-refractivity contribution in [1.82, 2.24) is 14.7 Å². The second-order valence-electron chi connectivity index (χ2n) is 5.91. The second-order valence-corrected chi connectivity index (χ2v) is 5.91. The van der Waals surface area contributed by atoms with E-state index in [1.165, 1.54) is 13.0 Å². The average molecular weight is 250 g/mol. The first-order valence-electron chi connectivity index (χ1n) is 7.09. The van der Waals surface area contributed by atoms with Crippen LogP contribution in [0.2, 0.25) is 0 Å². The molecule has 4 nitrogen and oxygen atoms in total. The van der Waals surface area contributed by atoms with Gasteiger partial charge in [-0.05, 0) is 37.7 Å². The van der Waals surface area contributed by atoms with Crippen molar-refractivity contribution >= 4 is 5.82 Å². The summed E-state index contributed by atoms with van der Waals surface area (Å²) in [5, 5.41) is 4.22. The number of nitrogens with zero attached hydrogens (tertiary/aromatic N) is 3. The van der Waals surface area contributed by atoms with Gasteiger partial charge in [0.15, 0.2) is 0 Å². The molecule has 18 heavy (non-hydrogen) atoms. The highest BCUT2D eigenvalue weighted by molar-refractivity contribution is 5.23. The Morgan fingerprint density at radius 1 is 1.33 bits per heavy atom. The van der Waals surface area contributed by atoms with Crippen LogP contribution in [0.25, 0.3) is 0 Å². The van der Waals surface area contributed by atoms with E-state index in [0.717, 1.165) is 31.3 Å². The molecule has 0 saturated carbocycles. The molecule has 0 amide bonds. The molecule has 0 bridgehead atoms. The number of nitrogens with two attached hydrogens (primary N) is 1. The zero-order valence-electron chi connectivity index (χ0n) is 11.8. The van der Waals surface area contributed by atoms with Crippen molar-refractivity contribution in [2.24, 2.45) is 11.8 Å². The number of piperidine rings is 1. The van der Waals surface area contributed by atoms with Crippen LogP contribution in [0.1, 0.15) is 33.6 Å². The Kier molecular flexibility index (Phi) is 4.27. The quantitative estimate of drug-likeness (QED) is 0.891. The van der Waals surface area contributed by atoms with Crippen molar-refractivity contribution < 1.29 is 0 Å². The SMILES string of the molecule is CC1CC(C)C(C)N(CCCn2ccc(N)n2)C1. The van der Waals surface area contributed by atoms with E-state index in [0.29, 0.717) is 11.9 Å². The minimum Gasteiger partial charge on any atom is -0.382 e. The molecule has 0 spiro atoms. The molecule has 4 heteroatoms. The van der Waals surface area contributed by atoms with E-state index in [-0.39, 0.29) is 0 Å². The third-order valence-electron chi connectivity index (χ3n) is 4.21. The Hall–Kier alpha value is -1.03. The van der Waals surface area contributed by atoms with Gasteiger partial charge in [0.2, 0.25) is 0 Å². The van der Waals surface area contributed by atoms with E-state index in [2.05, 4.69) is 30.8 Å². The van der Waals surface area contributed by atoms with Gasteiger partial charge in [-0.2, -0.15) is 5.10 Å². The predicted octanol–water partition coefficient (Wildman–Crippen LogP) is 2.22. The number of hydrogen-bond donors (Lipinski definition) is 1. The largest absolute Gasteiger partial charge is 0.382 e. The first kappa shape index (κ1) is 13.4. The van der Waals surface area contributed by atoms with Crippen molar-refractivity contribution in [3.05, 3.63) is 12.3 Å². The number of hydrogen-bond acceptors (Lipinski definition) is 3. The molecule has 0 aliphatic carbocycles. The molecule has 1 aliphatic heterocycles. The van der Waals surface area contributed by atoms with Crippen LogP contribution in [0, 0.1) is 11.8 Å². The third-order valence-corrected chi connectivity index (χ3v) is 4.21. The molecular formula is C14H26N4. The van der Waals surface area contributed by atoms with E-state index in [1.54, 1.807) is 0 Å². The van der Waals surface area contributed by atoms with Crippen molar-refractivity contribution in [3.63, 3.8) is 0 Å². The molecular weight excluding hydrogens is 224 g/mol. The topological polar surface area (TPSA) is 47.1 Å². The lowest BCUT2D eigenvalue weighted by molar-refractivity contribution is 0.0774. The van der Waals surface area contributed by atoms with Crippen LogP contribution in [0.5, 0.6) is 0 Å². The summed E-state index contributed by atoms with van der Waals surface area (Å²) in [4.78, 5) is 2.63. The molecule has 2 N–H and O–H groups in total. The van der Waals surface area contributed by atoms with Crippen LogP contribution >= 0.6 is 0 Å². The van der Waals surface area contributed by atoms with E-state index < -0.39 is 0 Å². The highest BCUT2D eigenvalue weighted by Gasteiger charge is 2.27. The summed E-state index contributed by atoms with van der Waals surface area (Å²) in [5.41, 5.74) is 5.61. The second kappa shape index (κ2) is 5.74. The Morgan fingerprint density at radius 3 is 2.78 bits per heavy atom. The molecule has 0 aromatic carbocycles. The number of rotatable bonds is 4. The molecule has 1 aliphatic rings. The van der Waals surface area contributed by atoms with Gasteiger partial charge in [-0.1, -0.05) is 13.8 Å². The van der Waals surface area contributed by atoms with Gasteiger partial charge < -0.3 is 10.6 Å². The molecule has 3 atom stereocenters. The fraction of sp³-hybridized carbons (Fsp3) is 0.786. The summed E-state index contributed by atoms with van der Waals surface area (Å²) >= 11 is 0. The molecule has 1 aromatic heterocycles. The summed E-state index contributed by atoms with van der Waals surface area (Å²) in [6, 6.07) is 2.57. The zero-order valence-corrected chi connectivity index (χ0v) is 11.8. The standard InChI is InChI=1S/C14H26N4/c1-11-9-12(2)13(3)17(10-11)6-4-7-18-8-5-14(15)16-18/h5,8,11-13H,4,6-7,9-10H2,1-3H3,(H2,15,16). The van der Waals surface area contributed by atoms with Gasteiger partial charge in [-0.25, -0.2) is 0 Å². The van der Waals surface area contributed by atoms with Crippen molar-refractivity contribution in [2.45, 2.75) is 46.2 Å². The molecule has 102 valence electrons. The van der Waals surface area contributed by atoms with E-state index >= 15 is 0 Å². The lowest BCUT2D eigenvalue weighted by Gasteiger charge is -2.41. The lowest BCUT2D eigenvalue weighted by atomic mass is 9.86. The first-order valence-corrected chi connectivity index (χ1v) is 7.09. The smallest absolute Gasteiger partial charge is 0.145 e. The fourth-order valence-corrected chi connectivity index (χ4v) is 3.07. The van der Waals surface area contributed by atoms with Gasteiger partial charge in [0.25, 0.3) is 0 Å². The molecule has 2 heterocycles. The Morgan fingerprint density at radius 2 is 2.11 bits per heavy atom. The summed E-state index contributed by atoms with van der Waals surface area (Å²) in [6.45, 7) is 10.5. The summed E-state index contributed by atoms with van der Waals surface area (Å²) in [7, 11) is 0. The van der Waals surface area contributed by atoms with E-state index in [9.17, 15) is 0 Å². The van der Waals surface area contributed by atoms with Gasteiger partial charge in [0.1, 0.15) is 5.82 Å². The van der Waals surface area contributed by atoms with Crippen molar-refractivity contribution in [3.8, 4) is 0 Å². The maximum atomic E-state index is 5.61. The zero-order chi connectivity index (χ0) is 13.1. The lowest BCUT2D eigenvalue weighted by Crippen LogP contribution is -2.46. The van der Waals surface area contributed by atoms with Crippen molar-refractivity contribution in [1.29, 1.82) is 0 Å². The highest BCUT2D eigenvalue weighted by Crippen LogP contribution is 2.26. The number of likely N-dealkylation sites (tertiary alicyclic amines) is 1. The molecule has 1 saturated heterocycles. The first-order chi connectivity index (χ1) is 8.56. The molecule has 2 rings (SSSR count). The molecule has 3 unspecified atom stereocenters. The maximum absolute atomic E-state index is 5.61. The maximum Gasteiger partial charge on any atom is 0.145 e. The summed E-state index contributed by atoms with van der Waals surface area (Å²) in [5.74, 6) is 2.26. The number of nitrogen functional groups attached to an aromatic ring is 1. The molecule has 0 radical (unpaired) electrons. The van der Waals surface area contributed by atoms with Crippen LogP contribution in [0.15, 0.2) is 12.3 Å². The monoisotopic (exact) mass is 250 g/mol. The van der Waals surface area contributed by atoms with Gasteiger partial charge in [0.05, 0.1) is 0 Å². The highest BCUT2D eigenvalue weighted by atomic mass is 15.3. The van der Waals surface area contributed by atoms with Crippen LogP contribution in [0.4, 0.5) is 5.82 Å². The summed E-state index contributed by atoms with van der Waals surface area (Å²) in [6.07, 6.45) is 4.47. The van der Waals surface area contributed by atoms with Gasteiger partial charge in [0, 0.05) is 31.9 Å². The van der Waals surface area contributed by atoms with E-state index in [4.69, 9.17) is 5.73 Å². The Balaban J connectivity index is 1.78.